The van der Waals surface area contributed by atoms with Gasteiger partial charge in [-0.2, -0.15) is 0 Å². The molecule has 2 heterocycles. The summed E-state index contributed by atoms with van der Waals surface area (Å²) in [6, 6.07) is 21.2. The van der Waals surface area contributed by atoms with Crippen molar-refractivity contribution < 1.29 is 4.42 Å². The molecule has 4 nitrogen and oxygen atoms in total. The molecule has 0 radical (unpaired) electrons. The van der Waals surface area contributed by atoms with Crippen molar-refractivity contribution in [1.29, 1.82) is 0 Å². The molecule has 1 unspecified atom stereocenters. The molecule has 2 aromatic carbocycles. The second kappa shape index (κ2) is 6.97. The van der Waals surface area contributed by atoms with Crippen molar-refractivity contribution in [2.45, 2.75) is 31.8 Å². The third-order valence-electron chi connectivity index (χ3n) is 4.64. The average Bonchev–Trinajstić information content (AvgIpc) is 3.27. The number of benzene rings is 2. The Hall–Kier alpha value is -2.46. The number of aromatic nitrogens is 2. The molecule has 1 aliphatic heterocycles. The Morgan fingerprint density at radius 1 is 0.958 bits per heavy atom. The van der Waals surface area contributed by atoms with Crippen LogP contribution in [-0.2, 0) is 13.0 Å². The molecule has 0 bridgehead atoms. The lowest BCUT2D eigenvalue weighted by Gasteiger charge is -2.22. The maximum atomic E-state index is 5.87. The molecule has 0 aliphatic carbocycles. The van der Waals surface area contributed by atoms with Crippen molar-refractivity contribution in [3.8, 4) is 11.5 Å². The summed E-state index contributed by atoms with van der Waals surface area (Å²) in [6.45, 7) is 1.83. The van der Waals surface area contributed by atoms with E-state index >= 15 is 0 Å². The molecule has 3 aromatic rings. The van der Waals surface area contributed by atoms with E-state index in [4.69, 9.17) is 4.42 Å². The molecule has 4 rings (SSSR count). The van der Waals surface area contributed by atoms with Gasteiger partial charge >= 0.3 is 0 Å². The number of hydrogen-bond acceptors (Lipinski definition) is 4. The minimum absolute atomic E-state index is 0.555. The summed E-state index contributed by atoms with van der Waals surface area (Å²) in [6.07, 6.45) is 3.55. The van der Waals surface area contributed by atoms with Crippen LogP contribution < -0.4 is 0 Å². The van der Waals surface area contributed by atoms with Crippen LogP contribution in [0.25, 0.3) is 11.5 Å². The summed E-state index contributed by atoms with van der Waals surface area (Å²) >= 11 is 0. The van der Waals surface area contributed by atoms with Gasteiger partial charge < -0.3 is 4.42 Å². The minimum atomic E-state index is 0.555. The second-order valence-electron chi connectivity index (χ2n) is 6.32. The van der Waals surface area contributed by atoms with Gasteiger partial charge in [0.2, 0.25) is 11.8 Å². The molecule has 24 heavy (non-hydrogen) atoms. The highest BCUT2D eigenvalue weighted by molar-refractivity contribution is 5.51. The Labute approximate surface area is 142 Å². The van der Waals surface area contributed by atoms with Crippen LogP contribution in [0.5, 0.6) is 0 Å². The fourth-order valence-corrected chi connectivity index (χ4v) is 3.41. The van der Waals surface area contributed by atoms with E-state index in [1.165, 1.54) is 18.4 Å². The third kappa shape index (κ3) is 3.39. The smallest absolute Gasteiger partial charge is 0.247 e. The van der Waals surface area contributed by atoms with Gasteiger partial charge in [0, 0.05) is 11.6 Å². The minimum Gasteiger partial charge on any atom is -0.419 e. The Kier molecular flexibility index (Phi) is 4.38. The first-order valence-electron chi connectivity index (χ1n) is 8.54. The highest BCUT2D eigenvalue weighted by Gasteiger charge is 2.26. The van der Waals surface area contributed by atoms with Crippen LogP contribution in [0.15, 0.2) is 65.1 Å². The molecular weight excluding hydrogens is 298 g/mol. The Morgan fingerprint density at radius 2 is 1.71 bits per heavy atom. The maximum absolute atomic E-state index is 5.87. The third-order valence-corrected chi connectivity index (χ3v) is 4.64. The van der Waals surface area contributed by atoms with Crippen LogP contribution in [0.4, 0.5) is 0 Å². The quantitative estimate of drug-likeness (QED) is 0.714. The summed E-state index contributed by atoms with van der Waals surface area (Å²) in [5.41, 5.74) is 2.36. The van der Waals surface area contributed by atoms with E-state index in [9.17, 15) is 0 Å². The Bertz CT molecular complexity index is 770. The molecule has 4 heteroatoms. The van der Waals surface area contributed by atoms with Gasteiger partial charge in [0.25, 0.3) is 0 Å². The van der Waals surface area contributed by atoms with Crippen LogP contribution in [0.2, 0.25) is 0 Å². The zero-order valence-corrected chi connectivity index (χ0v) is 13.6. The highest BCUT2D eigenvalue weighted by Crippen LogP contribution is 2.24. The lowest BCUT2D eigenvalue weighted by atomic mass is 10.0. The standard InChI is InChI=1S/C20H21N3O/c1-3-8-16(9-4-1)14-18-12-7-13-23(18)15-19-21-22-20(24-19)17-10-5-2-6-11-17/h1-6,8-11,18H,7,12-15H2. The first-order chi connectivity index (χ1) is 11.9. The topological polar surface area (TPSA) is 42.2 Å². The van der Waals surface area contributed by atoms with Crippen LogP contribution in [0.3, 0.4) is 0 Å². The van der Waals surface area contributed by atoms with E-state index in [1.54, 1.807) is 0 Å². The van der Waals surface area contributed by atoms with Crippen LogP contribution in [0.1, 0.15) is 24.3 Å². The SMILES string of the molecule is c1ccc(CC2CCCN2Cc2nnc(-c3ccccc3)o2)cc1. The van der Waals surface area contributed by atoms with Crippen molar-refractivity contribution in [2.75, 3.05) is 6.54 Å². The molecular formula is C20H21N3O. The van der Waals surface area contributed by atoms with Gasteiger partial charge in [0.05, 0.1) is 6.54 Å². The number of likely N-dealkylation sites (tertiary alicyclic amines) is 1. The van der Waals surface area contributed by atoms with E-state index < -0.39 is 0 Å². The van der Waals surface area contributed by atoms with Gasteiger partial charge in [-0.15, -0.1) is 10.2 Å². The molecule has 122 valence electrons. The van der Waals surface area contributed by atoms with E-state index in [-0.39, 0.29) is 0 Å². The lowest BCUT2D eigenvalue weighted by molar-refractivity contribution is 0.221. The first kappa shape index (κ1) is 15.1. The largest absolute Gasteiger partial charge is 0.419 e. The van der Waals surface area contributed by atoms with Crippen molar-refractivity contribution in [3.63, 3.8) is 0 Å². The summed E-state index contributed by atoms with van der Waals surface area (Å²) < 4.78 is 5.87. The Balaban J connectivity index is 1.44. The van der Waals surface area contributed by atoms with Crippen LogP contribution in [0, 0.1) is 0 Å². The van der Waals surface area contributed by atoms with Gasteiger partial charge in [-0.25, -0.2) is 0 Å². The fraction of sp³-hybridized carbons (Fsp3) is 0.300. The van der Waals surface area contributed by atoms with Gasteiger partial charge in [0.15, 0.2) is 0 Å². The molecule has 1 aromatic heterocycles. The first-order valence-corrected chi connectivity index (χ1v) is 8.54. The van der Waals surface area contributed by atoms with Crippen molar-refractivity contribution in [1.82, 2.24) is 15.1 Å². The molecule has 0 spiro atoms. The van der Waals surface area contributed by atoms with Gasteiger partial charge in [0.1, 0.15) is 0 Å². The van der Waals surface area contributed by atoms with E-state index in [2.05, 4.69) is 45.4 Å². The normalized spacial score (nSPS) is 18.1. The summed E-state index contributed by atoms with van der Waals surface area (Å²) in [5, 5.41) is 8.43. The molecule has 0 amide bonds. The Morgan fingerprint density at radius 3 is 2.50 bits per heavy atom. The van der Waals surface area contributed by atoms with Crippen molar-refractivity contribution >= 4 is 0 Å². The van der Waals surface area contributed by atoms with Gasteiger partial charge in [-0.05, 0) is 43.5 Å². The maximum Gasteiger partial charge on any atom is 0.247 e. The molecule has 0 saturated carbocycles. The van der Waals surface area contributed by atoms with Crippen LogP contribution >= 0.6 is 0 Å². The molecule has 1 fully saturated rings. The van der Waals surface area contributed by atoms with E-state index in [0.717, 1.165) is 25.1 Å². The zero-order valence-electron chi connectivity index (χ0n) is 13.6. The van der Waals surface area contributed by atoms with Crippen molar-refractivity contribution in [3.05, 3.63) is 72.1 Å². The molecule has 0 N–H and O–H groups in total. The van der Waals surface area contributed by atoms with Gasteiger partial charge in [-0.3, -0.25) is 4.90 Å². The lowest BCUT2D eigenvalue weighted by Crippen LogP contribution is -2.30. The highest BCUT2D eigenvalue weighted by atomic mass is 16.4. The number of rotatable bonds is 5. The average molecular weight is 319 g/mol. The van der Waals surface area contributed by atoms with E-state index in [1.807, 2.05) is 30.3 Å². The van der Waals surface area contributed by atoms with Crippen LogP contribution in [-0.4, -0.2) is 27.7 Å². The van der Waals surface area contributed by atoms with Gasteiger partial charge in [-0.1, -0.05) is 48.5 Å². The second-order valence-corrected chi connectivity index (χ2v) is 6.32. The summed E-state index contributed by atoms with van der Waals surface area (Å²) in [7, 11) is 0. The monoisotopic (exact) mass is 319 g/mol. The predicted molar refractivity (Wildman–Crippen MR) is 93.3 cm³/mol. The zero-order chi connectivity index (χ0) is 16.2. The molecule has 1 atom stereocenters. The number of hydrogen-bond donors (Lipinski definition) is 0. The molecule has 1 aliphatic rings. The summed E-state index contributed by atoms with van der Waals surface area (Å²) in [5.74, 6) is 1.30. The predicted octanol–water partition coefficient (Wildman–Crippen LogP) is 3.94. The fourth-order valence-electron chi connectivity index (χ4n) is 3.41. The van der Waals surface area contributed by atoms with E-state index in [0.29, 0.717) is 17.8 Å². The van der Waals surface area contributed by atoms with Crippen molar-refractivity contribution in [2.24, 2.45) is 0 Å². The number of nitrogens with zero attached hydrogens (tertiary/aromatic N) is 3. The summed E-state index contributed by atoms with van der Waals surface area (Å²) in [4.78, 5) is 2.47. The molecule has 1 saturated heterocycles.